The highest BCUT2D eigenvalue weighted by Gasteiger charge is 2.51. The lowest BCUT2D eigenvalue weighted by atomic mass is 9.77. The van der Waals surface area contributed by atoms with Crippen molar-refractivity contribution in [3.8, 4) is 0 Å². The molecule has 1 aliphatic rings. The molecule has 0 atom stereocenters. The summed E-state index contributed by atoms with van der Waals surface area (Å²) in [5.41, 5.74) is -0.230. The summed E-state index contributed by atoms with van der Waals surface area (Å²) in [5, 5.41) is 10.7. The molecule has 3 nitrogen and oxygen atoms in total. The summed E-state index contributed by atoms with van der Waals surface area (Å²) in [7, 11) is -0.446. The van der Waals surface area contributed by atoms with Crippen LogP contribution in [-0.4, -0.2) is 23.4 Å². The van der Waals surface area contributed by atoms with Crippen LogP contribution in [0.25, 0.3) is 0 Å². The van der Waals surface area contributed by atoms with E-state index in [0.29, 0.717) is 10.6 Å². The first-order chi connectivity index (χ1) is 8.94. The van der Waals surface area contributed by atoms with E-state index in [1.165, 1.54) is 0 Å². The largest absolute Gasteiger partial charge is 0.494 e. The molecule has 0 spiro atoms. The molecule has 0 radical (unpaired) electrons. The van der Waals surface area contributed by atoms with Crippen LogP contribution in [0.1, 0.15) is 47.1 Å². The molecule has 1 aliphatic heterocycles. The van der Waals surface area contributed by atoms with Crippen LogP contribution in [0.5, 0.6) is 0 Å². The summed E-state index contributed by atoms with van der Waals surface area (Å²) >= 11 is 6.16. The average molecular weight is 297 g/mol. The van der Waals surface area contributed by atoms with E-state index in [1.54, 1.807) is 19.9 Å². The molecule has 2 rings (SSSR count). The fraction of sp³-hybridized carbons (Fsp3) is 0.600. The van der Waals surface area contributed by atoms with Gasteiger partial charge in [0.1, 0.15) is 0 Å². The van der Waals surface area contributed by atoms with Crippen LogP contribution >= 0.6 is 11.6 Å². The van der Waals surface area contributed by atoms with Gasteiger partial charge in [0.15, 0.2) is 0 Å². The Hall–Kier alpha value is -0.545. The second-order valence-electron chi connectivity index (χ2n) is 6.89. The molecular weight excluding hydrogens is 274 g/mol. The Morgan fingerprint density at radius 1 is 1.10 bits per heavy atom. The van der Waals surface area contributed by atoms with Gasteiger partial charge in [-0.25, -0.2) is 0 Å². The summed E-state index contributed by atoms with van der Waals surface area (Å²) < 4.78 is 12.0. The highest BCUT2D eigenvalue weighted by atomic mass is 35.5. The zero-order chi connectivity index (χ0) is 15.3. The lowest BCUT2D eigenvalue weighted by Crippen LogP contribution is -2.41. The van der Waals surface area contributed by atoms with E-state index in [-0.39, 0.29) is 11.2 Å². The minimum Gasteiger partial charge on any atom is -0.399 e. The van der Waals surface area contributed by atoms with Crippen molar-refractivity contribution < 1.29 is 14.4 Å². The second-order valence-corrected chi connectivity index (χ2v) is 7.29. The van der Waals surface area contributed by atoms with E-state index >= 15 is 0 Å². The highest BCUT2D eigenvalue weighted by molar-refractivity contribution is 6.62. The van der Waals surface area contributed by atoms with Crippen LogP contribution in [0.15, 0.2) is 18.2 Å². The number of rotatable bonds is 2. The van der Waals surface area contributed by atoms with Crippen LogP contribution in [0.4, 0.5) is 0 Å². The van der Waals surface area contributed by atoms with E-state index in [2.05, 4.69) is 0 Å². The van der Waals surface area contributed by atoms with Gasteiger partial charge >= 0.3 is 7.12 Å². The number of hydrogen-bond donors (Lipinski definition) is 1. The molecule has 1 saturated heterocycles. The molecule has 0 bridgehead atoms. The van der Waals surface area contributed by atoms with Crippen LogP contribution in [0.2, 0.25) is 5.02 Å². The number of aliphatic hydroxyl groups is 1. The first kappa shape index (κ1) is 15.8. The Morgan fingerprint density at radius 2 is 1.60 bits per heavy atom. The SMILES string of the molecule is CC(C)(O)c1cc(B2OC(C)(C)C(C)(C)O2)ccc1Cl. The highest BCUT2D eigenvalue weighted by Crippen LogP contribution is 2.37. The second kappa shape index (κ2) is 4.74. The van der Waals surface area contributed by atoms with Gasteiger partial charge in [-0.05, 0) is 53.1 Å². The third-order valence-corrected chi connectivity index (χ3v) is 4.50. The maximum Gasteiger partial charge on any atom is 0.494 e. The molecule has 0 unspecified atom stereocenters. The molecule has 5 heteroatoms. The Kier molecular flexibility index (Phi) is 3.75. The molecule has 1 aromatic carbocycles. The average Bonchev–Trinajstić information content (AvgIpc) is 2.47. The summed E-state index contributed by atoms with van der Waals surface area (Å²) in [5.74, 6) is 0. The molecule has 0 amide bonds. The molecule has 110 valence electrons. The number of hydrogen-bond acceptors (Lipinski definition) is 3. The zero-order valence-electron chi connectivity index (χ0n) is 13.0. The third-order valence-electron chi connectivity index (χ3n) is 4.17. The Labute approximate surface area is 126 Å². The van der Waals surface area contributed by atoms with Gasteiger partial charge in [0, 0.05) is 10.6 Å². The summed E-state index contributed by atoms with van der Waals surface area (Å²) in [6.45, 7) is 11.5. The molecule has 0 saturated carbocycles. The Bertz CT molecular complexity index is 504. The maximum absolute atomic E-state index is 10.2. The fourth-order valence-electron chi connectivity index (χ4n) is 2.14. The van der Waals surface area contributed by atoms with Gasteiger partial charge in [-0.3, -0.25) is 0 Å². The van der Waals surface area contributed by atoms with E-state index in [9.17, 15) is 5.11 Å². The lowest BCUT2D eigenvalue weighted by Gasteiger charge is -2.32. The Morgan fingerprint density at radius 3 is 2.05 bits per heavy atom. The van der Waals surface area contributed by atoms with Crippen molar-refractivity contribution in [2.24, 2.45) is 0 Å². The molecule has 20 heavy (non-hydrogen) atoms. The summed E-state index contributed by atoms with van der Waals surface area (Å²) in [6.07, 6.45) is 0. The van der Waals surface area contributed by atoms with Crippen molar-refractivity contribution >= 4 is 24.2 Å². The van der Waals surface area contributed by atoms with Gasteiger partial charge in [0.25, 0.3) is 0 Å². The van der Waals surface area contributed by atoms with E-state index in [4.69, 9.17) is 20.9 Å². The van der Waals surface area contributed by atoms with Crippen molar-refractivity contribution in [1.29, 1.82) is 0 Å². The van der Waals surface area contributed by atoms with Crippen molar-refractivity contribution in [2.75, 3.05) is 0 Å². The quantitative estimate of drug-likeness (QED) is 0.853. The molecule has 0 aromatic heterocycles. The maximum atomic E-state index is 10.2. The molecule has 1 aromatic rings. The monoisotopic (exact) mass is 296 g/mol. The number of benzene rings is 1. The zero-order valence-corrected chi connectivity index (χ0v) is 13.7. The minimum absolute atomic E-state index is 0.383. The van der Waals surface area contributed by atoms with E-state index < -0.39 is 12.7 Å². The third kappa shape index (κ3) is 2.75. The molecule has 0 aliphatic carbocycles. The fourth-order valence-corrected chi connectivity index (χ4v) is 2.49. The molecule has 1 fully saturated rings. The van der Waals surface area contributed by atoms with Crippen molar-refractivity contribution in [3.63, 3.8) is 0 Å². The Balaban J connectivity index is 2.37. The van der Waals surface area contributed by atoms with Crippen LogP contribution in [0, 0.1) is 0 Å². The first-order valence-electron chi connectivity index (χ1n) is 6.82. The lowest BCUT2D eigenvalue weighted by molar-refractivity contribution is 0.00578. The van der Waals surface area contributed by atoms with E-state index in [1.807, 2.05) is 39.8 Å². The smallest absolute Gasteiger partial charge is 0.399 e. The van der Waals surface area contributed by atoms with Gasteiger partial charge in [-0.15, -0.1) is 0 Å². The van der Waals surface area contributed by atoms with Gasteiger partial charge in [0.05, 0.1) is 16.8 Å². The molecular formula is C15H22BClO3. The van der Waals surface area contributed by atoms with Crippen LogP contribution in [-0.2, 0) is 14.9 Å². The minimum atomic E-state index is -1.00. The summed E-state index contributed by atoms with van der Waals surface area (Å²) in [4.78, 5) is 0. The standard InChI is InChI=1S/C15H22BClO3/c1-13(2,18)11-9-10(7-8-12(11)17)16-19-14(3,4)15(5,6)20-16/h7-9,18H,1-6H3. The van der Waals surface area contributed by atoms with E-state index in [0.717, 1.165) is 5.46 Å². The predicted molar refractivity (Wildman–Crippen MR) is 82.4 cm³/mol. The van der Waals surface area contributed by atoms with Crippen molar-refractivity contribution in [1.82, 2.24) is 0 Å². The van der Waals surface area contributed by atoms with Crippen molar-refractivity contribution in [3.05, 3.63) is 28.8 Å². The van der Waals surface area contributed by atoms with Crippen molar-refractivity contribution in [2.45, 2.75) is 58.3 Å². The van der Waals surface area contributed by atoms with Gasteiger partial charge in [-0.2, -0.15) is 0 Å². The van der Waals surface area contributed by atoms with Gasteiger partial charge in [-0.1, -0.05) is 23.7 Å². The van der Waals surface area contributed by atoms with Gasteiger partial charge in [0.2, 0.25) is 0 Å². The normalized spacial score (nSPS) is 21.3. The predicted octanol–water partition coefficient (Wildman–Crippen LogP) is 2.87. The number of halogens is 1. The van der Waals surface area contributed by atoms with Crippen LogP contribution in [0.3, 0.4) is 0 Å². The topological polar surface area (TPSA) is 38.7 Å². The first-order valence-corrected chi connectivity index (χ1v) is 7.20. The molecule has 1 heterocycles. The molecule has 1 N–H and O–H groups in total. The van der Waals surface area contributed by atoms with Crippen LogP contribution < -0.4 is 5.46 Å². The summed E-state index contributed by atoms with van der Waals surface area (Å²) in [6, 6.07) is 5.50. The van der Waals surface area contributed by atoms with Gasteiger partial charge < -0.3 is 14.4 Å².